The second-order valence-electron chi connectivity index (χ2n) is 7.74. The molecule has 10 nitrogen and oxygen atoms in total. The van der Waals surface area contributed by atoms with E-state index >= 15 is 0 Å². The van der Waals surface area contributed by atoms with Crippen LogP contribution < -0.4 is 5.32 Å². The van der Waals surface area contributed by atoms with Crippen molar-refractivity contribution in [3.63, 3.8) is 0 Å². The summed E-state index contributed by atoms with van der Waals surface area (Å²) in [4.78, 5) is 44.1. The van der Waals surface area contributed by atoms with Crippen LogP contribution >= 0.6 is 0 Å². The summed E-state index contributed by atoms with van der Waals surface area (Å²) < 4.78 is 0. The van der Waals surface area contributed by atoms with Gasteiger partial charge in [-0.05, 0) is 35.6 Å². The molecule has 0 saturated carbocycles. The third-order valence-corrected chi connectivity index (χ3v) is 6.13. The van der Waals surface area contributed by atoms with Crippen LogP contribution in [0.2, 0.25) is 0 Å². The molecule has 2 heterocycles. The number of nitrogens with zero attached hydrogens (tertiary/aromatic N) is 2. The minimum Gasteiger partial charge on any atom is -0.481 e. The van der Waals surface area contributed by atoms with Gasteiger partial charge in [-0.1, -0.05) is 0 Å². The molecule has 1 fully saturated rings. The maximum atomic E-state index is 12.3. The molecule has 4 unspecified atom stereocenters. The summed E-state index contributed by atoms with van der Waals surface area (Å²) in [6, 6.07) is 3.50. The van der Waals surface area contributed by atoms with E-state index in [1.807, 2.05) is 6.07 Å². The predicted molar refractivity (Wildman–Crippen MR) is 97.4 cm³/mol. The van der Waals surface area contributed by atoms with Crippen molar-refractivity contribution in [2.24, 2.45) is 5.92 Å². The first-order chi connectivity index (χ1) is 13.7. The van der Waals surface area contributed by atoms with Gasteiger partial charge in [-0.2, -0.15) is 0 Å². The van der Waals surface area contributed by atoms with Crippen LogP contribution in [0.1, 0.15) is 29.9 Å². The van der Waals surface area contributed by atoms with E-state index in [1.54, 1.807) is 12.3 Å². The maximum Gasteiger partial charge on any atom is 0.337 e. The zero-order chi connectivity index (χ0) is 21.0. The lowest BCUT2D eigenvalue weighted by molar-refractivity contribution is -0.184. The van der Waals surface area contributed by atoms with Crippen molar-refractivity contribution in [2.75, 3.05) is 13.1 Å². The van der Waals surface area contributed by atoms with Crippen LogP contribution in [0.25, 0.3) is 11.0 Å². The summed E-state index contributed by atoms with van der Waals surface area (Å²) in [6.07, 6.45) is 2.08. The van der Waals surface area contributed by atoms with Crippen LogP contribution in [0.15, 0.2) is 24.5 Å². The topological polar surface area (TPSA) is 170 Å². The summed E-state index contributed by atoms with van der Waals surface area (Å²) in [7, 11) is 0. The largest absolute Gasteiger partial charge is 0.481 e. The Hall–Kier alpha value is -3.11. The number of aliphatic carboxylic acids is 3. The highest BCUT2D eigenvalue weighted by atomic mass is 16.4. The molecule has 0 spiro atoms. The quantitative estimate of drug-likeness (QED) is 0.442. The summed E-state index contributed by atoms with van der Waals surface area (Å²) in [5.41, 5.74) is -1.77. The van der Waals surface area contributed by atoms with Gasteiger partial charge in [0.05, 0.1) is 17.5 Å². The van der Waals surface area contributed by atoms with E-state index in [9.17, 15) is 34.8 Å². The molecule has 1 saturated heterocycles. The predicted octanol–water partition coefficient (Wildman–Crippen LogP) is -0.0507. The van der Waals surface area contributed by atoms with Crippen molar-refractivity contribution < 1.29 is 34.8 Å². The number of hydrogen-bond donors (Lipinski definition) is 5. The molecule has 10 heteroatoms. The van der Waals surface area contributed by atoms with E-state index in [-0.39, 0.29) is 18.9 Å². The van der Waals surface area contributed by atoms with Crippen molar-refractivity contribution in [3.8, 4) is 0 Å². The molecule has 1 aromatic carbocycles. The van der Waals surface area contributed by atoms with Crippen molar-refractivity contribution in [1.29, 1.82) is 0 Å². The minimum atomic E-state index is -2.99. The average Bonchev–Trinajstić information content (AvgIpc) is 2.85. The van der Waals surface area contributed by atoms with E-state index in [0.29, 0.717) is 23.1 Å². The second-order valence-corrected chi connectivity index (χ2v) is 7.74. The molecule has 1 aromatic heterocycles. The van der Waals surface area contributed by atoms with Crippen LogP contribution in [0, 0.1) is 5.92 Å². The Kier molecular flexibility index (Phi) is 4.28. The van der Waals surface area contributed by atoms with Gasteiger partial charge in [0.2, 0.25) is 0 Å². The molecule has 4 rings (SSSR count). The van der Waals surface area contributed by atoms with Crippen LogP contribution in [0.5, 0.6) is 0 Å². The third kappa shape index (κ3) is 2.75. The lowest BCUT2D eigenvalue weighted by Gasteiger charge is -2.44. The number of carbonyl (C=O) groups is 3. The Morgan fingerprint density at radius 1 is 1.17 bits per heavy atom. The highest BCUT2D eigenvalue weighted by Crippen LogP contribution is 2.55. The summed E-state index contributed by atoms with van der Waals surface area (Å²) >= 11 is 0. The highest BCUT2D eigenvalue weighted by molar-refractivity contribution is 5.91. The van der Waals surface area contributed by atoms with Gasteiger partial charge in [-0.25, -0.2) is 4.79 Å². The van der Waals surface area contributed by atoms with Crippen molar-refractivity contribution in [2.45, 2.75) is 29.8 Å². The lowest BCUT2D eigenvalue weighted by Crippen LogP contribution is -2.62. The average molecular weight is 401 g/mol. The van der Waals surface area contributed by atoms with Gasteiger partial charge in [-0.3, -0.25) is 19.6 Å². The van der Waals surface area contributed by atoms with Crippen molar-refractivity contribution >= 4 is 28.9 Å². The Balaban J connectivity index is 1.96. The molecule has 0 radical (unpaired) electrons. The van der Waals surface area contributed by atoms with Crippen LogP contribution in [0.3, 0.4) is 0 Å². The number of nitrogens with one attached hydrogen (secondary N) is 1. The highest BCUT2D eigenvalue weighted by Gasteiger charge is 2.63. The Bertz CT molecular complexity index is 1040. The number of hydrogen-bond acceptors (Lipinski definition) is 7. The van der Waals surface area contributed by atoms with Crippen LogP contribution in [0.4, 0.5) is 0 Å². The van der Waals surface area contributed by atoms with E-state index in [2.05, 4.69) is 15.3 Å². The second kappa shape index (κ2) is 6.46. The monoisotopic (exact) mass is 401 g/mol. The molecule has 5 N–H and O–H groups in total. The molecule has 2 aliphatic rings. The number of piperidine rings is 1. The first kappa shape index (κ1) is 19.2. The molecule has 2 bridgehead atoms. The third-order valence-electron chi connectivity index (χ3n) is 6.13. The normalized spacial score (nSPS) is 25.8. The molecule has 29 heavy (non-hydrogen) atoms. The van der Waals surface area contributed by atoms with Gasteiger partial charge in [0.1, 0.15) is 5.92 Å². The van der Waals surface area contributed by atoms with E-state index in [1.165, 1.54) is 6.20 Å². The van der Waals surface area contributed by atoms with Gasteiger partial charge in [-0.15, -0.1) is 0 Å². The number of fused-ring (bicyclic) bond motifs is 6. The van der Waals surface area contributed by atoms with Crippen molar-refractivity contribution in [3.05, 3.63) is 35.7 Å². The minimum absolute atomic E-state index is 0.0917. The van der Waals surface area contributed by atoms with E-state index < -0.39 is 41.3 Å². The lowest BCUT2D eigenvalue weighted by atomic mass is 9.62. The fourth-order valence-electron chi connectivity index (χ4n) is 5.08. The van der Waals surface area contributed by atoms with Gasteiger partial charge in [0.15, 0.2) is 5.60 Å². The fraction of sp³-hybridized carbons (Fsp3) is 0.421. The Morgan fingerprint density at radius 2 is 1.83 bits per heavy atom. The molecular weight excluding hydrogens is 382 g/mol. The summed E-state index contributed by atoms with van der Waals surface area (Å²) in [5.74, 6) is -7.03. The van der Waals surface area contributed by atoms with E-state index in [0.717, 1.165) is 5.56 Å². The first-order valence-corrected chi connectivity index (χ1v) is 9.05. The molecule has 1 aliphatic carbocycles. The van der Waals surface area contributed by atoms with E-state index in [4.69, 9.17) is 0 Å². The number of aromatic nitrogens is 2. The maximum absolute atomic E-state index is 12.3. The van der Waals surface area contributed by atoms with Gasteiger partial charge in [0, 0.05) is 30.9 Å². The number of carboxylic acids is 3. The zero-order valence-electron chi connectivity index (χ0n) is 15.2. The number of aliphatic hydroxyl groups is 1. The van der Waals surface area contributed by atoms with Gasteiger partial charge < -0.3 is 25.7 Å². The first-order valence-electron chi connectivity index (χ1n) is 9.05. The Labute approximate surface area is 164 Å². The van der Waals surface area contributed by atoms with Crippen LogP contribution in [-0.2, 0) is 19.8 Å². The number of benzene rings is 1. The molecule has 2 aromatic rings. The number of rotatable bonds is 6. The molecule has 0 amide bonds. The van der Waals surface area contributed by atoms with Gasteiger partial charge in [0.25, 0.3) is 0 Å². The van der Waals surface area contributed by atoms with Crippen molar-refractivity contribution in [1.82, 2.24) is 15.3 Å². The van der Waals surface area contributed by atoms with Gasteiger partial charge >= 0.3 is 17.9 Å². The molecule has 152 valence electrons. The molecule has 4 atom stereocenters. The Morgan fingerprint density at radius 3 is 2.41 bits per heavy atom. The molecule has 1 aliphatic heterocycles. The number of carboxylic acid groups (broad SMARTS) is 3. The summed E-state index contributed by atoms with van der Waals surface area (Å²) in [5, 5.41) is 42.9. The summed E-state index contributed by atoms with van der Waals surface area (Å²) in [6.45, 7) is 0.645. The van der Waals surface area contributed by atoms with Crippen LogP contribution in [-0.4, -0.2) is 67.0 Å². The smallest absolute Gasteiger partial charge is 0.337 e. The fourth-order valence-corrected chi connectivity index (χ4v) is 5.08. The molecular formula is C19H19N3O7. The standard InChI is InChI=1S/C19H19N3O7/c23-14(24)6-19(29,17(27)28)15(16(25)26)18-5-9(7-20-8-18)10-3-12-13(4-11(10)18)22-2-1-21-12/h1-4,9,15,20,29H,5-8H2,(H,23,24)(H,25,26)(H,27,28). The zero-order valence-corrected chi connectivity index (χ0v) is 15.2. The SMILES string of the molecule is O=C(O)CC(O)(C(=O)O)C(C(=O)O)C12CNCC(C1)c1cc3nccnc3cc12.